The Morgan fingerprint density at radius 2 is 1.74 bits per heavy atom. The number of rotatable bonds is 2. The Kier molecular flexibility index (Phi) is 3.97. The number of anilines is 1. The lowest BCUT2D eigenvalue weighted by Crippen LogP contribution is -2.43. The van der Waals surface area contributed by atoms with Crippen molar-refractivity contribution in [2.45, 2.75) is 56.9 Å². The van der Waals surface area contributed by atoms with Crippen LogP contribution >= 0.6 is 0 Å². The Bertz CT molecular complexity index is 397. The zero-order valence-corrected chi connectivity index (χ0v) is 11.6. The minimum absolute atomic E-state index is 0.273. The zero-order valence-electron chi connectivity index (χ0n) is 11.6. The molecule has 1 aromatic heterocycles. The van der Waals surface area contributed by atoms with Gasteiger partial charge < -0.3 is 10.6 Å². The number of piperidine rings is 1. The standard InChI is InChI=1S/C15H24N4/c16-14-7-4-8-19(11-14)15-17-9-13(10-18-15)12-5-2-1-3-6-12/h9-10,12,14H,1-8,11,16H2. The van der Waals surface area contributed by atoms with Gasteiger partial charge in [-0.05, 0) is 37.2 Å². The molecular weight excluding hydrogens is 236 g/mol. The van der Waals surface area contributed by atoms with E-state index in [2.05, 4.69) is 14.9 Å². The summed E-state index contributed by atoms with van der Waals surface area (Å²) in [6.45, 7) is 1.93. The molecular formula is C15H24N4. The molecule has 0 aromatic carbocycles. The quantitative estimate of drug-likeness (QED) is 0.887. The Labute approximate surface area is 115 Å². The first-order valence-electron chi connectivity index (χ1n) is 7.65. The van der Waals surface area contributed by atoms with Crippen LogP contribution < -0.4 is 10.6 Å². The second kappa shape index (κ2) is 5.87. The Balaban J connectivity index is 1.67. The van der Waals surface area contributed by atoms with Crippen LogP contribution in [0.5, 0.6) is 0 Å². The van der Waals surface area contributed by atoms with Crippen molar-refractivity contribution in [3.8, 4) is 0 Å². The van der Waals surface area contributed by atoms with E-state index in [1.807, 2.05) is 12.4 Å². The monoisotopic (exact) mass is 260 g/mol. The van der Waals surface area contributed by atoms with Crippen LogP contribution in [-0.4, -0.2) is 29.1 Å². The van der Waals surface area contributed by atoms with Crippen LogP contribution in [0.1, 0.15) is 56.4 Å². The molecule has 104 valence electrons. The zero-order chi connectivity index (χ0) is 13.1. The number of nitrogens with zero attached hydrogens (tertiary/aromatic N) is 3. The average molecular weight is 260 g/mol. The summed E-state index contributed by atoms with van der Waals surface area (Å²) in [4.78, 5) is 11.4. The molecule has 1 atom stereocenters. The third-order valence-corrected chi connectivity index (χ3v) is 4.48. The Morgan fingerprint density at radius 3 is 2.42 bits per heavy atom. The van der Waals surface area contributed by atoms with Crippen molar-refractivity contribution in [3.05, 3.63) is 18.0 Å². The number of nitrogens with two attached hydrogens (primary N) is 1. The minimum Gasteiger partial charge on any atom is -0.339 e. The molecule has 1 saturated carbocycles. The number of hydrogen-bond donors (Lipinski definition) is 1. The van der Waals surface area contributed by atoms with E-state index in [9.17, 15) is 0 Å². The highest BCUT2D eigenvalue weighted by atomic mass is 15.3. The summed E-state index contributed by atoms with van der Waals surface area (Å²) in [5.74, 6) is 1.54. The lowest BCUT2D eigenvalue weighted by molar-refractivity contribution is 0.441. The topological polar surface area (TPSA) is 55.0 Å². The number of hydrogen-bond acceptors (Lipinski definition) is 4. The summed E-state index contributed by atoms with van der Waals surface area (Å²) in [5.41, 5.74) is 7.34. The molecule has 1 unspecified atom stereocenters. The highest BCUT2D eigenvalue weighted by molar-refractivity contribution is 5.31. The molecule has 0 spiro atoms. The van der Waals surface area contributed by atoms with Crippen LogP contribution in [0.3, 0.4) is 0 Å². The van der Waals surface area contributed by atoms with Crippen LogP contribution in [0.15, 0.2) is 12.4 Å². The Morgan fingerprint density at radius 1 is 1.00 bits per heavy atom. The average Bonchev–Trinajstić information content (AvgIpc) is 2.48. The second-order valence-corrected chi connectivity index (χ2v) is 6.00. The maximum atomic E-state index is 6.01. The van der Waals surface area contributed by atoms with Crippen LogP contribution in [0, 0.1) is 0 Å². The van der Waals surface area contributed by atoms with Gasteiger partial charge in [0.25, 0.3) is 0 Å². The third-order valence-electron chi connectivity index (χ3n) is 4.48. The normalized spacial score (nSPS) is 25.5. The SMILES string of the molecule is NC1CCCN(c2ncc(C3CCCCC3)cn2)C1. The van der Waals surface area contributed by atoms with Crippen molar-refractivity contribution in [2.24, 2.45) is 5.73 Å². The van der Waals surface area contributed by atoms with E-state index < -0.39 is 0 Å². The van der Waals surface area contributed by atoms with Crippen molar-refractivity contribution in [3.63, 3.8) is 0 Å². The van der Waals surface area contributed by atoms with Crippen molar-refractivity contribution >= 4 is 5.95 Å². The van der Waals surface area contributed by atoms with Gasteiger partial charge in [0.2, 0.25) is 5.95 Å². The molecule has 0 radical (unpaired) electrons. The van der Waals surface area contributed by atoms with E-state index in [0.717, 1.165) is 31.9 Å². The first-order valence-corrected chi connectivity index (χ1v) is 7.65. The van der Waals surface area contributed by atoms with E-state index in [-0.39, 0.29) is 6.04 Å². The number of aromatic nitrogens is 2. The van der Waals surface area contributed by atoms with Crippen molar-refractivity contribution in [1.82, 2.24) is 9.97 Å². The van der Waals surface area contributed by atoms with Gasteiger partial charge in [0.15, 0.2) is 0 Å². The van der Waals surface area contributed by atoms with Crippen LogP contribution in [0.2, 0.25) is 0 Å². The van der Waals surface area contributed by atoms with Crippen molar-refractivity contribution in [2.75, 3.05) is 18.0 Å². The van der Waals surface area contributed by atoms with Gasteiger partial charge in [0, 0.05) is 31.5 Å². The van der Waals surface area contributed by atoms with E-state index in [0.29, 0.717) is 5.92 Å². The Hall–Kier alpha value is -1.16. The molecule has 19 heavy (non-hydrogen) atoms. The summed E-state index contributed by atoms with van der Waals surface area (Å²) < 4.78 is 0. The van der Waals surface area contributed by atoms with Gasteiger partial charge in [-0.25, -0.2) is 9.97 Å². The molecule has 0 bridgehead atoms. The van der Waals surface area contributed by atoms with Crippen molar-refractivity contribution in [1.29, 1.82) is 0 Å². The fraction of sp³-hybridized carbons (Fsp3) is 0.733. The van der Waals surface area contributed by atoms with Crippen LogP contribution in [-0.2, 0) is 0 Å². The van der Waals surface area contributed by atoms with Crippen LogP contribution in [0.25, 0.3) is 0 Å². The maximum absolute atomic E-state index is 6.01. The lowest BCUT2D eigenvalue weighted by atomic mass is 9.85. The van der Waals surface area contributed by atoms with Gasteiger partial charge >= 0.3 is 0 Å². The third kappa shape index (κ3) is 3.06. The molecule has 1 aromatic rings. The molecule has 4 heteroatoms. The predicted octanol–water partition coefficient (Wildman–Crippen LogP) is 2.45. The summed E-state index contributed by atoms with van der Waals surface area (Å²) in [6, 6.07) is 0.273. The smallest absolute Gasteiger partial charge is 0.225 e. The largest absolute Gasteiger partial charge is 0.339 e. The fourth-order valence-corrected chi connectivity index (χ4v) is 3.33. The summed E-state index contributed by atoms with van der Waals surface area (Å²) >= 11 is 0. The van der Waals surface area contributed by atoms with Crippen molar-refractivity contribution < 1.29 is 0 Å². The predicted molar refractivity (Wildman–Crippen MR) is 77.3 cm³/mol. The molecule has 3 rings (SSSR count). The van der Waals surface area contributed by atoms with Gasteiger partial charge in [-0.15, -0.1) is 0 Å². The molecule has 1 aliphatic heterocycles. The summed E-state index contributed by atoms with van der Waals surface area (Å²) in [7, 11) is 0. The molecule has 2 aliphatic rings. The molecule has 2 heterocycles. The van der Waals surface area contributed by atoms with E-state index >= 15 is 0 Å². The molecule has 1 aliphatic carbocycles. The molecule has 2 fully saturated rings. The van der Waals surface area contributed by atoms with Gasteiger partial charge in [0.05, 0.1) is 0 Å². The van der Waals surface area contributed by atoms with Gasteiger partial charge in [-0.1, -0.05) is 19.3 Å². The summed E-state index contributed by atoms with van der Waals surface area (Å²) in [5, 5.41) is 0. The van der Waals surface area contributed by atoms with E-state index in [1.54, 1.807) is 0 Å². The highest BCUT2D eigenvalue weighted by Gasteiger charge is 2.20. The molecule has 4 nitrogen and oxygen atoms in total. The van der Waals surface area contributed by atoms with Gasteiger partial charge in [-0.2, -0.15) is 0 Å². The summed E-state index contributed by atoms with van der Waals surface area (Å²) in [6.07, 6.45) is 13.1. The second-order valence-electron chi connectivity index (χ2n) is 6.00. The minimum atomic E-state index is 0.273. The van der Waals surface area contributed by atoms with Gasteiger partial charge in [-0.3, -0.25) is 0 Å². The lowest BCUT2D eigenvalue weighted by Gasteiger charge is -2.31. The molecule has 2 N–H and O–H groups in total. The molecule has 1 saturated heterocycles. The fourth-order valence-electron chi connectivity index (χ4n) is 3.33. The van der Waals surface area contributed by atoms with E-state index in [1.165, 1.54) is 37.7 Å². The van der Waals surface area contributed by atoms with E-state index in [4.69, 9.17) is 5.73 Å². The molecule has 0 amide bonds. The van der Waals surface area contributed by atoms with Gasteiger partial charge in [0.1, 0.15) is 0 Å². The highest BCUT2D eigenvalue weighted by Crippen LogP contribution is 2.32. The first kappa shape index (κ1) is 12.9. The first-order chi connectivity index (χ1) is 9.33. The maximum Gasteiger partial charge on any atom is 0.225 e. The van der Waals surface area contributed by atoms with Crippen LogP contribution in [0.4, 0.5) is 5.95 Å².